The molecule has 0 aromatic carbocycles. The highest BCUT2D eigenvalue weighted by atomic mass is 16.4. The molecule has 4 N–H and O–H groups in total. The van der Waals surface area contributed by atoms with Gasteiger partial charge in [0.1, 0.15) is 12.1 Å². The second kappa shape index (κ2) is 10.6. The molecular weight excluding hydrogens is 314 g/mol. The van der Waals surface area contributed by atoms with E-state index in [2.05, 4.69) is 16.0 Å². The highest BCUT2D eigenvalue weighted by molar-refractivity contribution is 5.91. The Bertz CT molecular complexity index is 465. The van der Waals surface area contributed by atoms with Crippen molar-refractivity contribution in [3.8, 4) is 0 Å². The van der Waals surface area contributed by atoms with E-state index >= 15 is 0 Å². The lowest BCUT2D eigenvalue weighted by atomic mass is 9.98. The van der Waals surface area contributed by atoms with Crippen molar-refractivity contribution in [1.82, 2.24) is 16.0 Å². The van der Waals surface area contributed by atoms with Crippen LogP contribution >= 0.6 is 0 Å². The lowest BCUT2D eigenvalue weighted by Crippen LogP contribution is -2.52. The maximum Gasteiger partial charge on any atom is 0.326 e. The average Bonchev–Trinajstić information content (AvgIpc) is 2.48. The molecule has 24 heavy (non-hydrogen) atoms. The summed E-state index contributed by atoms with van der Waals surface area (Å²) in [6.07, 6.45) is 0.983. The van der Waals surface area contributed by atoms with Crippen LogP contribution < -0.4 is 16.0 Å². The first-order chi connectivity index (χ1) is 11.1. The van der Waals surface area contributed by atoms with Gasteiger partial charge in [-0.25, -0.2) is 4.79 Å². The van der Waals surface area contributed by atoms with E-state index in [0.29, 0.717) is 12.8 Å². The summed E-state index contributed by atoms with van der Waals surface area (Å²) in [6, 6.07) is -1.72. The first kappa shape index (κ1) is 21.9. The molecule has 0 spiro atoms. The number of aliphatic carboxylic acids is 1. The van der Waals surface area contributed by atoms with Crippen molar-refractivity contribution in [2.45, 2.75) is 59.5 Å². The molecule has 3 amide bonds. The van der Waals surface area contributed by atoms with Crippen LogP contribution in [0.4, 0.5) is 0 Å². The minimum atomic E-state index is -1.11. The minimum Gasteiger partial charge on any atom is -0.480 e. The van der Waals surface area contributed by atoms with Crippen molar-refractivity contribution >= 4 is 23.7 Å². The zero-order chi connectivity index (χ0) is 18.9. The molecule has 8 nitrogen and oxygen atoms in total. The molecule has 0 saturated carbocycles. The summed E-state index contributed by atoms with van der Waals surface area (Å²) in [5.41, 5.74) is 0. The number of hydrogen-bond acceptors (Lipinski definition) is 4. The van der Waals surface area contributed by atoms with Crippen LogP contribution in [0.25, 0.3) is 0 Å². The number of carboxylic acids is 1. The SMILES string of the molecule is CC[C@H](C)[C@H](NC(C)=O)C(=O)NCC(=O)N[C@@H](CC(C)C)C(=O)O. The molecule has 138 valence electrons. The van der Waals surface area contributed by atoms with Gasteiger partial charge in [-0.05, 0) is 18.3 Å². The molecule has 0 aromatic rings. The summed E-state index contributed by atoms with van der Waals surface area (Å²) in [7, 11) is 0. The van der Waals surface area contributed by atoms with Crippen molar-refractivity contribution in [3.63, 3.8) is 0 Å². The maximum absolute atomic E-state index is 12.2. The smallest absolute Gasteiger partial charge is 0.326 e. The van der Waals surface area contributed by atoms with Crippen molar-refractivity contribution in [2.24, 2.45) is 11.8 Å². The lowest BCUT2D eigenvalue weighted by molar-refractivity contribution is -0.142. The van der Waals surface area contributed by atoms with Crippen LogP contribution in [0.1, 0.15) is 47.5 Å². The molecule has 0 aliphatic heterocycles. The normalized spacial score (nSPS) is 14.4. The van der Waals surface area contributed by atoms with E-state index < -0.39 is 29.9 Å². The fourth-order valence-corrected chi connectivity index (χ4v) is 2.14. The van der Waals surface area contributed by atoms with Gasteiger partial charge in [0.05, 0.1) is 6.54 Å². The first-order valence-electron chi connectivity index (χ1n) is 8.15. The molecular formula is C16H29N3O5. The Hall–Kier alpha value is -2.12. The van der Waals surface area contributed by atoms with E-state index in [1.165, 1.54) is 6.92 Å². The van der Waals surface area contributed by atoms with Gasteiger partial charge in [-0.3, -0.25) is 14.4 Å². The van der Waals surface area contributed by atoms with E-state index in [4.69, 9.17) is 5.11 Å². The maximum atomic E-state index is 12.2. The molecule has 0 aliphatic carbocycles. The molecule has 0 radical (unpaired) electrons. The second-order valence-corrected chi connectivity index (χ2v) is 6.37. The van der Waals surface area contributed by atoms with Crippen LogP contribution in [0, 0.1) is 11.8 Å². The van der Waals surface area contributed by atoms with E-state index in [0.717, 1.165) is 0 Å². The van der Waals surface area contributed by atoms with E-state index in [9.17, 15) is 19.2 Å². The van der Waals surface area contributed by atoms with Crippen molar-refractivity contribution in [1.29, 1.82) is 0 Å². The third-order valence-electron chi connectivity index (χ3n) is 3.62. The fraction of sp³-hybridized carbons (Fsp3) is 0.750. The molecule has 0 fully saturated rings. The topological polar surface area (TPSA) is 125 Å². The monoisotopic (exact) mass is 343 g/mol. The Morgan fingerprint density at radius 3 is 2.04 bits per heavy atom. The van der Waals surface area contributed by atoms with Gasteiger partial charge in [0, 0.05) is 6.92 Å². The highest BCUT2D eigenvalue weighted by Crippen LogP contribution is 2.08. The summed E-state index contributed by atoms with van der Waals surface area (Å²) >= 11 is 0. The highest BCUT2D eigenvalue weighted by Gasteiger charge is 2.26. The van der Waals surface area contributed by atoms with Crippen LogP contribution in [0.5, 0.6) is 0 Å². The summed E-state index contributed by atoms with van der Waals surface area (Å²) in [6.45, 7) is 8.40. The Balaban J connectivity index is 4.62. The summed E-state index contributed by atoms with van der Waals surface area (Å²) in [4.78, 5) is 46.3. The number of rotatable bonds is 10. The quantitative estimate of drug-likeness (QED) is 0.453. The lowest BCUT2D eigenvalue weighted by Gasteiger charge is -2.23. The number of nitrogens with one attached hydrogen (secondary N) is 3. The van der Waals surface area contributed by atoms with Gasteiger partial charge in [-0.1, -0.05) is 34.1 Å². The van der Waals surface area contributed by atoms with Gasteiger partial charge in [0.15, 0.2) is 0 Å². The van der Waals surface area contributed by atoms with Gasteiger partial charge in [0.25, 0.3) is 0 Å². The van der Waals surface area contributed by atoms with Gasteiger partial charge >= 0.3 is 5.97 Å². The zero-order valence-electron chi connectivity index (χ0n) is 15.0. The van der Waals surface area contributed by atoms with Crippen LogP contribution in [-0.4, -0.2) is 47.4 Å². The van der Waals surface area contributed by atoms with E-state index in [-0.39, 0.29) is 24.3 Å². The molecule has 8 heteroatoms. The van der Waals surface area contributed by atoms with Gasteiger partial charge in [-0.15, -0.1) is 0 Å². The standard InChI is InChI=1S/C16H29N3O5/c1-6-10(4)14(18-11(5)20)15(22)17-8-13(21)19-12(16(23)24)7-9(2)3/h9-10,12,14H,6-8H2,1-5H3,(H,17,22)(H,18,20)(H,19,21)(H,23,24)/t10-,12-,14-/m0/s1. The number of carboxylic acid groups (broad SMARTS) is 1. The van der Waals surface area contributed by atoms with E-state index in [1.807, 2.05) is 27.7 Å². The molecule has 0 bridgehead atoms. The van der Waals surface area contributed by atoms with Crippen LogP contribution in [0.15, 0.2) is 0 Å². The average molecular weight is 343 g/mol. The molecule has 3 atom stereocenters. The third kappa shape index (κ3) is 8.50. The Labute approximate surface area is 142 Å². The molecule has 0 saturated heterocycles. The number of hydrogen-bond donors (Lipinski definition) is 4. The Morgan fingerprint density at radius 2 is 1.62 bits per heavy atom. The van der Waals surface area contributed by atoms with Gasteiger partial charge in [0.2, 0.25) is 17.7 Å². The van der Waals surface area contributed by atoms with Crippen molar-refractivity contribution in [2.75, 3.05) is 6.54 Å². The molecule has 0 aliphatic rings. The predicted molar refractivity (Wildman–Crippen MR) is 89.1 cm³/mol. The molecule has 0 heterocycles. The molecule has 0 rings (SSSR count). The van der Waals surface area contributed by atoms with Gasteiger partial charge < -0.3 is 21.1 Å². The Kier molecular flexibility index (Phi) is 9.68. The molecule has 0 aromatic heterocycles. The molecule has 0 unspecified atom stereocenters. The first-order valence-corrected chi connectivity index (χ1v) is 8.15. The van der Waals surface area contributed by atoms with Crippen molar-refractivity contribution in [3.05, 3.63) is 0 Å². The summed E-state index contributed by atoms with van der Waals surface area (Å²) in [5.74, 6) is -2.48. The van der Waals surface area contributed by atoms with Crippen LogP contribution in [0.3, 0.4) is 0 Å². The summed E-state index contributed by atoms with van der Waals surface area (Å²) < 4.78 is 0. The fourth-order valence-electron chi connectivity index (χ4n) is 2.14. The predicted octanol–water partition coefficient (Wildman–Crippen LogP) is 0.269. The minimum absolute atomic E-state index is 0.0929. The second-order valence-electron chi connectivity index (χ2n) is 6.37. The summed E-state index contributed by atoms with van der Waals surface area (Å²) in [5, 5.41) is 16.5. The largest absolute Gasteiger partial charge is 0.480 e. The van der Waals surface area contributed by atoms with Crippen molar-refractivity contribution < 1.29 is 24.3 Å². The van der Waals surface area contributed by atoms with Crippen LogP contribution in [0.2, 0.25) is 0 Å². The van der Waals surface area contributed by atoms with Gasteiger partial charge in [-0.2, -0.15) is 0 Å². The number of carbonyl (C=O) groups is 4. The van der Waals surface area contributed by atoms with Crippen LogP contribution in [-0.2, 0) is 19.2 Å². The Morgan fingerprint density at radius 1 is 1.04 bits per heavy atom. The zero-order valence-corrected chi connectivity index (χ0v) is 15.0. The number of carbonyl (C=O) groups excluding carboxylic acids is 3. The van der Waals surface area contributed by atoms with E-state index in [1.54, 1.807) is 0 Å². The number of amides is 3. The third-order valence-corrected chi connectivity index (χ3v) is 3.62.